The molecule has 1 N–H and O–H groups in total. The molecular weight excluding hydrogens is 408 g/mol. The molecule has 0 saturated carbocycles. The van der Waals surface area contributed by atoms with Crippen LogP contribution in [-0.4, -0.2) is 18.9 Å². The SMILES string of the molecule is CN(C(=O)c1cccs1)c1ccccc1C(=O)Nc1ccc(Oc2ccccc2)cc1. The first-order chi connectivity index (χ1) is 15.1. The molecule has 2 amide bonds. The van der Waals surface area contributed by atoms with Crippen LogP contribution in [0.5, 0.6) is 11.5 Å². The molecule has 0 atom stereocenters. The summed E-state index contributed by atoms with van der Waals surface area (Å²) < 4.78 is 5.78. The van der Waals surface area contributed by atoms with Crippen LogP contribution in [0.3, 0.4) is 0 Å². The average molecular weight is 429 g/mol. The van der Waals surface area contributed by atoms with Crippen molar-refractivity contribution in [3.63, 3.8) is 0 Å². The van der Waals surface area contributed by atoms with Crippen LogP contribution < -0.4 is 15.0 Å². The predicted molar refractivity (Wildman–Crippen MR) is 124 cm³/mol. The minimum absolute atomic E-state index is 0.155. The molecule has 4 rings (SSSR count). The molecule has 0 spiro atoms. The van der Waals surface area contributed by atoms with E-state index in [1.807, 2.05) is 41.8 Å². The molecule has 0 radical (unpaired) electrons. The molecule has 0 saturated heterocycles. The van der Waals surface area contributed by atoms with Crippen molar-refractivity contribution in [1.29, 1.82) is 0 Å². The van der Waals surface area contributed by atoms with Crippen molar-refractivity contribution in [2.75, 3.05) is 17.3 Å². The van der Waals surface area contributed by atoms with E-state index in [4.69, 9.17) is 4.74 Å². The molecule has 154 valence electrons. The van der Waals surface area contributed by atoms with E-state index in [2.05, 4.69) is 5.32 Å². The molecule has 5 nitrogen and oxygen atoms in total. The summed E-state index contributed by atoms with van der Waals surface area (Å²) in [5, 5.41) is 4.74. The van der Waals surface area contributed by atoms with Crippen molar-refractivity contribution >= 4 is 34.5 Å². The highest BCUT2D eigenvalue weighted by Crippen LogP contribution is 2.25. The zero-order valence-corrected chi connectivity index (χ0v) is 17.6. The monoisotopic (exact) mass is 428 g/mol. The Morgan fingerprint density at radius 1 is 0.806 bits per heavy atom. The summed E-state index contributed by atoms with van der Waals surface area (Å²) in [4.78, 5) is 27.8. The van der Waals surface area contributed by atoms with E-state index >= 15 is 0 Å². The van der Waals surface area contributed by atoms with E-state index < -0.39 is 0 Å². The second kappa shape index (κ2) is 9.28. The van der Waals surface area contributed by atoms with Crippen LogP contribution in [0.4, 0.5) is 11.4 Å². The van der Waals surface area contributed by atoms with Crippen molar-refractivity contribution in [2.45, 2.75) is 0 Å². The zero-order chi connectivity index (χ0) is 21.6. The third kappa shape index (κ3) is 4.82. The Hall–Kier alpha value is -3.90. The number of carbonyl (C=O) groups excluding carboxylic acids is 2. The lowest BCUT2D eigenvalue weighted by Gasteiger charge is -2.20. The Morgan fingerprint density at radius 3 is 2.19 bits per heavy atom. The van der Waals surface area contributed by atoms with Gasteiger partial charge in [0.05, 0.1) is 16.1 Å². The van der Waals surface area contributed by atoms with Gasteiger partial charge < -0.3 is 15.0 Å². The molecule has 0 aliphatic heterocycles. The first-order valence-corrected chi connectivity index (χ1v) is 10.5. The van der Waals surface area contributed by atoms with Gasteiger partial charge in [0.2, 0.25) is 0 Å². The number of carbonyl (C=O) groups is 2. The lowest BCUT2D eigenvalue weighted by Crippen LogP contribution is -2.28. The highest BCUT2D eigenvalue weighted by molar-refractivity contribution is 7.12. The van der Waals surface area contributed by atoms with Crippen molar-refractivity contribution in [3.8, 4) is 11.5 Å². The minimum atomic E-state index is -0.293. The first kappa shape index (κ1) is 20.4. The summed E-state index contributed by atoms with van der Waals surface area (Å²) in [5.41, 5.74) is 1.59. The summed E-state index contributed by atoms with van der Waals surface area (Å²) in [6, 6.07) is 27.3. The molecule has 0 aliphatic carbocycles. The van der Waals surface area contributed by atoms with Gasteiger partial charge >= 0.3 is 0 Å². The van der Waals surface area contributed by atoms with Crippen LogP contribution in [0.25, 0.3) is 0 Å². The fraction of sp³-hybridized carbons (Fsp3) is 0.0400. The second-order valence-electron chi connectivity index (χ2n) is 6.75. The van der Waals surface area contributed by atoms with Gasteiger partial charge in [0.15, 0.2) is 0 Å². The number of rotatable bonds is 6. The Labute approximate surface area is 184 Å². The van der Waals surface area contributed by atoms with Gasteiger partial charge in [-0.15, -0.1) is 11.3 Å². The number of nitrogens with one attached hydrogen (secondary N) is 1. The largest absolute Gasteiger partial charge is 0.457 e. The summed E-state index contributed by atoms with van der Waals surface area (Å²) in [5.74, 6) is 0.966. The predicted octanol–water partition coefficient (Wildman–Crippen LogP) is 6.07. The van der Waals surface area contributed by atoms with Gasteiger partial charge in [0.25, 0.3) is 11.8 Å². The van der Waals surface area contributed by atoms with Gasteiger partial charge in [0, 0.05) is 12.7 Å². The van der Waals surface area contributed by atoms with Gasteiger partial charge in [-0.05, 0) is 60.0 Å². The third-order valence-corrected chi connectivity index (χ3v) is 5.50. The van der Waals surface area contributed by atoms with E-state index in [0.29, 0.717) is 27.6 Å². The maximum Gasteiger partial charge on any atom is 0.268 e. The van der Waals surface area contributed by atoms with E-state index in [-0.39, 0.29) is 11.8 Å². The molecule has 0 fully saturated rings. The number of anilines is 2. The summed E-state index contributed by atoms with van der Waals surface area (Å²) in [7, 11) is 1.67. The van der Waals surface area contributed by atoms with Crippen LogP contribution >= 0.6 is 11.3 Å². The normalized spacial score (nSPS) is 10.4. The van der Waals surface area contributed by atoms with Crippen LogP contribution in [-0.2, 0) is 0 Å². The van der Waals surface area contributed by atoms with Crippen LogP contribution in [0.2, 0.25) is 0 Å². The maximum absolute atomic E-state index is 12.9. The fourth-order valence-corrected chi connectivity index (χ4v) is 3.76. The lowest BCUT2D eigenvalue weighted by atomic mass is 10.1. The van der Waals surface area contributed by atoms with Gasteiger partial charge in [-0.3, -0.25) is 9.59 Å². The highest BCUT2D eigenvalue weighted by Gasteiger charge is 2.20. The van der Waals surface area contributed by atoms with Crippen molar-refractivity contribution < 1.29 is 14.3 Å². The summed E-state index contributed by atoms with van der Waals surface area (Å²) >= 11 is 1.37. The smallest absolute Gasteiger partial charge is 0.268 e. The number of nitrogens with zero attached hydrogens (tertiary/aromatic N) is 1. The highest BCUT2D eigenvalue weighted by atomic mass is 32.1. The number of hydrogen-bond acceptors (Lipinski definition) is 4. The third-order valence-electron chi connectivity index (χ3n) is 4.64. The number of ether oxygens (including phenoxy) is 1. The maximum atomic E-state index is 12.9. The van der Waals surface area contributed by atoms with E-state index in [9.17, 15) is 9.59 Å². The Kier molecular flexibility index (Phi) is 6.10. The topological polar surface area (TPSA) is 58.6 Å². The van der Waals surface area contributed by atoms with E-state index in [0.717, 1.165) is 5.75 Å². The molecule has 4 aromatic rings. The fourth-order valence-electron chi connectivity index (χ4n) is 3.06. The zero-order valence-electron chi connectivity index (χ0n) is 16.8. The van der Waals surface area contributed by atoms with Crippen LogP contribution in [0.15, 0.2) is 96.4 Å². The Bertz CT molecular complexity index is 1170. The number of amides is 2. The molecule has 1 heterocycles. The van der Waals surface area contributed by atoms with E-state index in [1.54, 1.807) is 61.6 Å². The summed E-state index contributed by atoms with van der Waals surface area (Å²) in [6.07, 6.45) is 0. The van der Waals surface area contributed by atoms with Crippen LogP contribution in [0, 0.1) is 0 Å². The standard InChI is InChI=1S/C25H20N2O3S/c1-27(25(29)23-12-7-17-31-23)22-11-6-5-10-21(22)24(28)26-18-13-15-20(16-14-18)30-19-8-3-2-4-9-19/h2-17H,1H3,(H,26,28). The minimum Gasteiger partial charge on any atom is -0.457 e. The van der Waals surface area contributed by atoms with E-state index in [1.165, 1.54) is 16.2 Å². The molecule has 0 unspecified atom stereocenters. The number of benzene rings is 3. The lowest BCUT2D eigenvalue weighted by molar-refractivity contribution is 0.0996. The first-order valence-electron chi connectivity index (χ1n) is 9.67. The summed E-state index contributed by atoms with van der Waals surface area (Å²) in [6.45, 7) is 0. The second-order valence-corrected chi connectivity index (χ2v) is 7.70. The van der Waals surface area contributed by atoms with Gasteiger partial charge in [-0.25, -0.2) is 0 Å². The van der Waals surface area contributed by atoms with Gasteiger partial charge in [0.1, 0.15) is 11.5 Å². The molecular formula is C25H20N2O3S. The Balaban J connectivity index is 1.48. The quantitative estimate of drug-likeness (QED) is 0.405. The number of thiophene rings is 1. The molecule has 6 heteroatoms. The van der Waals surface area contributed by atoms with Gasteiger partial charge in [-0.1, -0.05) is 36.4 Å². The van der Waals surface area contributed by atoms with Crippen LogP contribution in [0.1, 0.15) is 20.0 Å². The van der Waals surface area contributed by atoms with Gasteiger partial charge in [-0.2, -0.15) is 0 Å². The molecule has 0 bridgehead atoms. The van der Waals surface area contributed by atoms with Crippen molar-refractivity contribution in [1.82, 2.24) is 0 Å². The molecule has 1 aromatic heterocycles. The molecule has 31 heavy (non-hydrogen) atoms. The number of hydrogen-bond donors (Lipinski definition) is 1. The Morgan fingerprint density at radius 2 is 1.48 bits per heavy atom. The molecule has 3 aromatic carbocycles. The number of para-hydroxylation sites is 2. The van der Waals surface area contributed by atoms with Crippen molar-refractivity contribution in [2.24, 2.45) is 0 Å². The average Bonchev–Trinajstić information content (AvgIpc) is 3.35. The van der Waals surface area contributed by atoms with Crippen molar-refractivity contribution in [3.05, 3.63) is 107 Å². The molecule has 0 aliphatic rings.